The molecule has 0 spiro atoms. The molecule has 1 aromatic heterocycles. The van der Waals surface area contributed by atoms with Crippen LogP contribution in [-0.4, -0.2) is 54.5 Å². The number of nitrogens with zero attached hydrogens (tertiary/aromatic N) is 3. The first-order chi connectivity index (χ1) is 12.7. The summed E-state index contributed by atoms with van der Waals surface area (Å²) in [7, 11) is 0. The fourth-order valence-corrected chi connectivity index (χ4v) is 2.83. The van der Waals surface area contributed by atoms with Crippen LogP contribution in [-0.2, 0) is 11.3 Å². The molecule has 142 valence electrons. The predicted molar refractivity (Wildman–Crippen MR) is 101 cm³/mol. The lowest BCUT2D eigenvalue weighted by Gasteiger charge is -2.17. The van der Waals surface area contributed by atoms with E-state index in [4.69, 9.17) is 4.74 Å². The van der Waals surface area contributed by atoms with E-state index in [1.807, 2.05) is 24.0 Å². The van der Waals surface area contributed by atoms with Crippen LogP contribution in [0.4, 0.5) is 0 Å². The van der Waals surface area contributed by atoms with Crippen molar-refractivity contribution < 1.29 is 9.53 Å². The quantitative estimate of drug-likeness (QED) is 0.544. The second kappa shape index (κ2) is 9.40. The first-order valence-corrected chi connectivity index (χ1v) is 9.62. The predicted octanol–water partition coefficient (Wildman–Crippen LogP) is 1.55. The van der Waals surface area contributed by atoms with Crippen LogP contribution in [0.15, 0.2) is 23.3 Å². The number of hydrogen-bond acceptors (Lipinski definition) is 4. The molecule has 1 aliphatic carbocycles. The Balaban J connectivity index is 1.46. The average Bonchev–Trinajstić information content (AvgIpc) is 3.33. The minimum Gasteiger partial charge on any atom is -0.477 e. The number of aliphatic imine (C=N–C) groups is 1. The highest BCUT2D eigenvalue weighted by Crippen LogP contribution is 2.29. The summed E-state index contributed by atoms with van der Waals surface area (Å²) in [5.74, 6) is 2.17. The molecule has 0 aromatic carbocycles. The molecule has 26 heavy (non-hydrogen) atoms. The number of pyridine rings is 1. The lowest BCUT2D eigenvalue weighted by atomic mass is 10.3. The molecule has 0 bridgehead atoms. The van der Waals surface area contributed by atoms with E-state index in [9.17, 15) is 4.79 Å². The van der Waals surface area contributed by atoms with E-state index >= 15 is 0 Å². The van der Waals surface area contributed by atoms with E-state index in [2.05, 4.69) is 20.6 Å². The van der Waals surface area contributed by atoms with Crippen molar-refractivity contribution in [2.24, 2.45) is 10.9 Å². The summed E-state index contributed by atoms with van der Waals surface area (Å²) < 4.78 is 5.65. The molecule has 2 aliphatic rings. The number of ether oxygens (including phenoxy) is 1. The number of aromatic nitrogens is 1. The molecular formula is C19H29N5O2. The molecule has 1 amide bonds. The van der Waals surface area contributed by atoms with Gasteiger partial charge in [-0.25, -0.2) is 9.98 Å². The largest absolute Gasteiger partial charge is 0.477 e. The van der Waals surface area contributed by atoms with Crippen molar-refractivity contribution in [2.45, 2.75) is 39.2 Å². The van der Waals surface area contributed by atoms with Gasteiger partial charge in [0.2, 0.25) is 11.8 Å². The zero-order valence-electron chi connectivity index (χ0n) is 15.5. The van der Waals surface area contributed by atoms with Crippen molar-refractivity contribution in [2.75, 3.05) is 32.8 Å². The first kappa shape index (κ1) is 18.5. The van der Waals surface area contributed by atoms with Gasteiger partial charge in [0, 0.05) is 31.9 Å². The molecule has 1 aliphatic heterocycles. The molecule has 2 heterocycles. The summed E-state index contributed by atoms with van der Waals surface area (Å²) in [5, 5.41) is 6.29. The number of rotatable bonds is 8. The van der Waals surface area contributed by atoms with Gasteiger partial charge in [0.15, 0.2) is 5.96 Å². The Bertz CT molecular complexity index is 607. The third-order valence-electron chi connectivity index (χ3n) is 4.59. The molecule has 7 heteroatoms. The van der Waals surface area contributed by atoms with Gasteiger partial charge in [0.25, 0.3) is 0 Å². The highest BCUT2D eigenvalue weighted by molar-refractivity contribution is 5.86. The van der Waals surface area contributed by atoms with Gasteiger partial charge in [-0.1, -0.05) is 6.07 Å². The van der Waals surface area contributed by atoms with Gasteiger partial charge < -0.3 is 20.3 Å². The maximum atomic E-state index is 12.1. The van der Waals surface area contributed by atoms with E-state index < -0.39 is 0 Å². The monoisotopic (exact) mass is 359 g/mol. The van der Waals surface area contributed by atoms with Crippen LogP contribution in [0.1, 0.15) is 38.2 Å². The van der Waals surface area contributed by atoms with Crippen LogP contribution in [0, 0.1) is 5.92 Å². The third-order valence-corrected chi connectivity index (χ3v) is 4.59. The summed E-state index contributed by atoms with van der Waals surface area (Å²) in [6.45, 7) is 6.04. The summed E-state index contributed by atoms with van der Waals surface area (Å²) in [6, 6.07) is 3.88. The van der Waals surface area contributed by atoms with Gasteiger partial charge in [0.05, 0.1) is 19.7 Å². The van der Waals surface area contributed by atoms with Crippen LogP contribution < -0.4 is 15.4 Å². The number of amides is 1. The van der Waals surface area contributed by atoms with Crippen molar-refractivity contribution in [1.82, 2.24) is 20.5 Å². The smallest absolute Gasteiger partial charge is 0.241 e. The van der Waals surface area contributed by atoms with Crippen LogP contribution in [0.25, 0.3) is 0 Å². The molecule has 2 fully saturated rings. The molecule has 0 radical (unpaired) electrons. The standard InChI is InChI=1S/C19H29N5O2/c1-2-20-19(23-13-18(25)24-9-3-4-10-24)22-12-16-7-8-17(21-11-16)26-14-15-5-6-15/h7-8,11,15H,2-6,9-10,12-14H2,1H3,(H2,20,22,23). The molecule has 3 rings (SSSR count). The number of guanidine groups is 1. The fourth-order valence-electron chi connectivity index (χ4n) is 2.83. The van der Waals surface area contributed by atoms with Crippen molar-refractivity contribution in [1.29, 1.82) is 0 Å². The van der Waals surface area contributed by atoms with E-state index in [1.165, 1.54) is 12.8 Å². The Morgan fingerprint density at radius 1 is 1.31 bits per heavy atom. The van der Waals surface area contributed by atoms with Gasteiger partial charge in [-0.05, 0) is 44.1 Å². The van der Waals surface area contributed by atoms with E-state index in [0.29, 0.717) is 18.4 Å². The summed E-state index contributed by atoms with van der Waals surface area (Å²) in [6.07, 6.45) is 6.55. The third kappa shape index (κ3) is 5.89. The van der Waals surface area contributed by atoms with Crippen LogP contribution in [0.5, 0.6) is 5.88 Å². The maximum Gasteiger partial charge on any atom is 0.241 e. The lowest BCUT2D eigenvalue weighted by molar-refractivity contribution is -0.128. The lowest BCUT2D eigenvalue weighted by Crippen LogP contribution is -2.44. The van der Waals surface area contributed by atoms with E-state index in [1.54, 1.807) is 6.20 Å². The summed E-state index contributed by atoms with van der Waals surface area (Å²) >= 11 is 0. The SMILES string of the molecule is CCNC(=NCc1ccc(OCC2CC2)nc1)NCC(=O)N1CCCC1. The van der Waals surface area contributed by atoms with Crippen LogP contribution in [0.3, 0.4) is 0 Å². The number of carbonyl (C=O) groups excluding carboxylic acids is 1. The second-order valence-corrected chi connectivity index (χ2v) is 6.90. The molecule has 2 N–H and O–H groups in total. The van der Waals surface area contributed by atoms with Crippen LogP contribution >= 0.6 is 0 Å². The number of hydrogen-bond donors (Lipinski definition) is 2. The van der Waals surface area contributed by atoms with Crippen molar-refractivity contribution in [3.8, 4) is 5.88 Å². The van der Waals surface area contributed by atoms with E-state index in [-0.39, 0.29) is 12.5 Å². The molecular weight excluding hydrogens is 330 g/mol. The van der Waals surface area contributed by atoms with Gasteiger partial charge in [0.1, 0.15) is 0 Å². The second-order valence-electron chi connectivity index (χ2n) is 6.90. The topological polar surface area (TPSA) is 78.9 Å². The van der Waals surface area contributed by atoms with Crippen LogP contribution in [0.2, 0.25) is 0 Å². The molecule has 0 unspecified atom stereocenters. The maximum absolute atomic E-state index is 12.1. The summed E-state index contributed by atoms with van der Waals surface area (Å²) in [5.41, 5.74) is 1.01. The zero-order chi connectivity index (χ0) is 18.2. The Morgan fingerprint density at radius 3 is 2.77 bits per heavy atom. The average molecular weight is 359 g/mol. The first-order valence-electron chi connectivity index (χ1n) is 9.62. The fraction of sp³-hybridized carbons (Fsp3) is 0.632. The highest BCUT2D eigenvalue weighted by Gasteiger charge is 2.22. The number of likely N-dealkylation sites (tertiary alicyclic amines) is 1. The highest BCUT2D eigenvalue weighted by atomic mass is 16.5. The Kier molecular flexibility index (Phi) is 6.68. The number of carbonyl (C=O) groups is 1. The van der Waals surface area contributed by atoms with Crippen molar-refractivity contribution >= 4 is 11.9 Å². The van der Waals surface area contributed by atoms with Gasteiger partial charge in [-0.3, -0.25) is 4.79 Å². The van der Waals surface area contributed by atoms with Gasteiger partial charge in [-0.15, -0.1) is 0 Å². The van der Waals surface area contributed by atoms with Gasteiger partial charge >= 0.3 is 0 Å². The molecule has 0 atom stereocenters. The Morgan fingerprint density at radius 2 is 2.12 bits per heavy atom. The molecule has 1 saturated carbocycles. The van der Waals surface area contributed by atoms with E-state index in [0.717, 1.165) is 50.6 Å². The Labute approximate surface area is 155 Å². The normalized spacial score (nSPS) is 17.3. The molecule has 1 saturated heterocycles. The molecule has 7 nitrogen and oxygen atoms in total. The Hall–Kier alpha value is -2.31. The minimum absolute atomic E-state index is 0.131. The van der Waals surface area contributed by atoms with Crippen molar-refractivity contribution in [3.63, 3.8) is 0 Å². The summed E-state index contributed by atoms with van der Waals surface area (Å²) in [4.78, 5) is 22.9. The minimum atomic E-state index is 0.131. The number of nitrogens with one attached hydrogen (secondary N) is 2. The zero-order valence-corrected chi connectivity index (χ0v) is 15.5. The van der Waals surface area contributed by atoms with Gasteiger partial charge in [-0.2, -0.15) is 0 Å². The molecule has 1 aromatic rings. The van der Waals surface area contributed by atoms with Crippen molar-refractivity contribution in [3.05, 3.63) is 23.9 Å².